The van der Waals surface area contributed by atoms with Crippen LogP contribution in [0.5, 0.6) is 0 Å². The van der Waals surface area contributed by atoms with Crippen molar-refractivity contribution in [2.45, 2.75) is 12.8 Å². The largest absolute Gasteiger partial charge is 0.296 e. The highest BCUT2D eigenvalue weighted by Gasteiger charge is 2.30. The zero-order valence-electron chi connectivity index (χ0n) is 7.86. The lowest BCUT2D eigenvalue weighted by molar-refractivity contribution is -0.125. The molecule has 2 amide bonds. The number of hydrogen-bond donors (Lipinski definition) is 1. The van der Waals surface area contributed by atoms with E-state index in [0.717, 1.165) is 5.56 Å². The summed E-state index contributed by atoms with van der Waals surface area (Å²) >= 11 is 0. The topological polar surface area (TPSA) is 64.0 Å². The Morgan fingerprint density at radius 3 is 2.93 bits per heavy atom. The van der Waals surface area contributed by atoms with Gasteiger partial charge in [-0.2, -0.15) is 5.10 Å². The van der Waals surface area contributed by atoms with Gasteiger partial charge >= 0.3 is 0 Å². The Hall–Kier alpha value is -1.65. The molecule has 5 heteroatoms. The summed E-state index contributed by atoms with van der Waals surface area (Å²) in [5, 5.41) is 6.29. The summed E-state index contributed by atoms with van der Waals surface area (Å²) in [5.41, 5.74) is 0.988. The molecule has 0 radical (unpaired) electrons. The molecule has 0 saturated carbocycles. The van der Waals surface area contributed by atoms with E-state index in [4.69, 9.17) is 0 Å². The maximum Gasteiger partial charge on any atom is 0.230 e. The van der Waals surface area contributed by atoms with Crippen molar-refractivity contribution in [2.75, 3.05) is 0 Å². The van der Waals surface area contributed by atoms with Crippen molar-refractivity contribution < 1.29 is 9.59 Å². The van der Waals surface area contributed by atoms with Gasteiger partial charge in [0, 0.05) is 19.7 Å². The molecule has 1 fully saturated rings. The van der Waals surface area contributed by atoms with E-state index in [2.05, 4.69) is 10.4 Å². The van der Waals surface area contributed by atoms with Crippen molar-refractivity contribution in [1.29, 1.82) is 0 Å². The Labute approximate surface area is 81.1 Å². The van der Waals surface area contributed by atoms with Gasteiger partial charge in [0.2, 0.25) is 11.8 Å². The summed E-state index contributed by atoms with van der Waals surface area (Å²) in [7, 11) is 1.82. The quantitative estimate of drug-likeness (QED) is 0.651. The lowest BCUT2D eigenvalue weighted by atomic mass is 10.0. The Balaban J connectivity index is 2.05. The molecule has 1 aliphatic rings. The van der Waals surface area contributed by atoms with E-state index in [1.165, 1.54) is 0 Å². The fourth-order valence-corrected chi connectivity index (χ4v) is 1.63. The Bertz CT molecular complexity index is 383. The maximum absolute atomic E-state index is 11.2. The molecule has 1 atom stereocenters. The smallest absolute Gasteiger partial charge is 0.230 e. The van der Waals surface area contributed by atoms with E-state index in [0.29, 0.717) is 12.8 Å². The molecular formula is C9H11N3O2. The van der Waals surface area contributed by atoms with Crippen molar-refractivity contribution in [3.05, 3.63) is 18.0 Å². The van der Waals surface area contributed by atoms with E-state index in [1.54, 1.807) is 10.9 Å². The van der Waals surface area contributed by atoms with Gasteiger partial charge in [-0.15, -0.1) is 0 Å². The predicted molar refractivity (Wildman–Crippen MR) is 48.2 cm³/mol. The van der Waals surface area contributed by atoms with E-state index in [-0.39, 0.29) is 17.7 Å². The summed E-state index contributed by atoms with van der Waals surface area (Å²) in [6, 6.07) is 0. The van der Waals surface area contributed by atoms with Crippen LogP contribution in [-0.2, 0) is 23.1 Å². The Morgan fingerprint density at radius 1 is 1.64 bits per heavy atom. The first-order valence-corrected chi connectivity index (χ1v) is 4.46. The molecule has 1 aliphatic heterocycles. The predicted octanol–water partition coefficient (Wildman–Crippen LogP) is -0.375. The first kappa shape index (κ1) is 8.93. The number of aromatic nitrogens is 2. The average Bonchev–Trinajstić information content (AvgIpc) is 2.61. The number of hydrogen-bond acceptors (Lipinski definition) is 3. The minimum Gasteiger partial charge on any atom is -0.296 e. The molecule has 0 aliphatic carbocycles. The molecule has 1 aromatic heterocycles. The maximum atomic E-state index is 11.2. The molecule has 2 rings (SSSR count). The highest BCUT2D eigenvalue weighted by Crippen LogP contribution is 2.16. The zero-order valence-corrected chi connectivity index (χ0v) is 7.86. The van der Waals surface area contributed by atoms with Gasteiger partial charge in [0.15, 0.2) is 0 Å². The third kappa shape index (κ3) is 1.66. The molecule has 2 heterocycles. The van der Waals surface area contributed by atoms with Crippen molar-refractivity contribution in [3.8, 4) is 0 Å². The molecule has 0 unspecified atom stereocenters. The zero-order chi connectivity index (χ0) is 10.1. The van der Waals surface area contributed by atoms with Gasteiger partial charge in [-0.3, -0.25) is 19.6 Å². The molecule has 1 saturated heterocycles. The first-order valence-electron chi connectivity index (χ1n) is 4.46. The van der Waals surface area contributed by atoms with Crippen molar-refractivity contribution >= 4 is 11.8 Å². The molecule has 14 heavy (non-hydrogen) atoms. The second-order valence-corrected chi connectivity index (χ2v) is 3.54. The van der Waals surface area contributed by atoms with E-state index < -0.39 is 0 Å². The van der Waals surface area contributed by atoms with Gasteiger partial charge in [0.05, 0.1) is 12.1 Å². The minimum atomic E-state index is -0.216. The third-order valence-electron chi connectivity index (χ3n) is 2.31. The molecule has 1 N–H and O–H groups in total. The lowest BCUT2D eigenvalue weighted by Gasteiger charge is -2.01. The van der Waals surface area contributed by atoms with Crippen LogP contribution in [0.1, 0.15) is 12.0 Å². The third-order valence-corrected chi connectivity index (χ3v) is 2.31. The van der Waals surface area contributed by atoms with Gasteiger partial charge in [0.25, 0.3) is 0 Å². The van der Waals surface area contributed by atoms with Crippen LogP contribution < -0.4 is 5.32 Å². The van der Waals surface area contributed by atoms with Gasteiger partial charge in [-0.1, -0.05) is 0 Å². The molecule has 1 aromatic rings. The van der Waals surface area contributed by atoms with Crippen LogP contribution in [0.15, 0.2) is 12.4 Å². The number of rotatable bonds is 2. The summed E-state index contributed by atoms with van der Waals surface area (Å²) < 4.78 is 1.68. The normalized spacial score (nSPS) is 21.4. The monoisotopic (exact) mass is 193 g/mol. The van der Waals surface area contributed by atoms with Crippen LogP contribution >= 0.6 is 0 Å². The second-order valence-electron chi connectivity index (χ2n) is 3.54. The van der Waals surface area contributed by atoms with Gasteiger partial charge in [-0.05, 0) is 12.0 Å². The number of carbonyl (C=O) groups excluding carboxylic acids is 2. The number of aryl methyl sites for hydroxylation is 1. The van der Waals surface area contributed by atoms with E-state index in [1.807, 2.05) is 13.2 Å². The van der Waals surface area contributed by atoms with Crippen LogP contribution in [0.4, 0.5) is 0 Å². The van der Waals surface area contributed by atoms with Crippen LogP contribution in [0.3, 0.4) is 0 Å². The number of nitrogens with one attached hydrogen (secondary N) is 1. The molecule has 5 nitrogen and oxygen atoms in total. The van der Waals surface area contributed by atoms with Crippen molar-refractivity contribution in [1.82, 2.24) is 15.1 Å². The van der Waals surface area contributed by atoms with Gasteiger partial charge < -0.3 is 0 Å². The molecule has 74 valence electrons. The van der Waals surface area contributed by atoms with E-state index >= 15 is 0 Å². The molecular weight excluding hydrogens is 182 g/mol. The van der Waals surface area contributed by atoms with Crippen LogP contribution in [0.25, 0.3) is 0 Å². The minimum absolute atomic E-state index is 0.168. The van der Waals surface area contributed by atoms with Gasteiger partial charge in [-0.25, -0.2) is 0 Å². The van der Waals surface area contributed by atoms with Crippen LogP contribution in [0, 0.1) is 5.92 Å². The highest BCUT2D eigenvalue weighted by atomic mass is 16.2. The van der Waals surface area contributed by atoms with Crippen molar-refractivity contribution in [2.24, 2.45) is 13.0 Å². The summed E-state index contributed by atoms with van der Waals surface area (Å²) in [6.07, 6.45) is 4.46. The van der Waals surface area contributed by atoms with E-state index in [9.17, 15) is 9.59 Å². The van der Waals surface area contributed by atoms with Gasteiger partial charge in [0.1, 0.15) is 0 Å². The number of amides is 2. The molecule has 0 bridgehead atoms. The highest BCUT2D eigenvalue weighted by molar-refractivity contribution is 6.03. The number of imide groups is 1. The average molecular weight is 193 g/mol. The first-order chi connectivity index (χ1) is 6.65. The number of nitrogens with zero attached hydrogens (tertiary/aromatic N) is 2. The Morgan fingerprint density at radius 2 is 2.43 bits per heavy atom. The fraction of sp³-hybridized carbons (Fsp3) is 0.444. The molecule has 0 aromatic carbocycles. The summed E-state index contributed by atoms with van der Waals surface area (Å²) in [5.74, 6) is -0.561. The standard InChI is InChI=1S/C9H11N3O2/c1-12-5-6(4-10-12)2-7-3-8(13)11-9(7)14/h4-5,7H,2-3H2,1H3,(H,11,13,14)/t7-/m0/s1. The Kier molecular flexibility index (Phi) is 2.07. The lowest BCUT2D eigenvalue weighted by Crippen LogP contribution is -2.22. The fourth-order valence-electron chi connectivity index (χ4n) is 1.63. The van der Waals surface area contributed by atoms with Crippen molar-refractivity contribution in [3.63, 3.8) is 0 Å². The summed E-state index contributed by atoms with van der Waals surface area (Å²) in [4.78, 5) is 22.1. The SMILES string of the molecule is Cn1cc(C[C@H]2CC(=O)NC2=O)cn1. The second kappa shape index (κ2) is 3.25. The number of carbonyl (C=O) groups is 2. The van der Waals surface area contributed by atoms with Crippen LogP contribution in [-0.4, -0.2) is 21.6 Å². The molecule has 0 spiro atoms. The van der Waals surface area contributed by atoms with Crippen LogP contribution in [0.2, 0.25) is 0 Å². The summed E-state index contributed by atoms with van der Waals surface area (Å²) in [6.45, 7) is 0.